The van der Waals surface area contributed by atoms with Gasteiger partial charge < -0.3 is 5.32 Å². The molecule has 1 N–H and O–H groups in total. The molecule has 1 aliphatic rings. The van der Waals surface area contributed by atoms with E-state index >= 15 is 0 Å². The number of benzene rings is 1. The molecule has 0 unspecified atom stereocenters. The number of anilines is 2. The number of nitrogens with one attached hydrogen (secondary N) is 1. The molecule has 8 heteroatoms. The molecular weight excluding hydrogens is 360 g/mol. The highest BCUT2D eigenvalue weighted by molar-refractivity contribution is 7.19. The van der Waals surface area contributed by atoms with E-state index in [4.69, 9.17) is 11.6 Å². The predicted molar refractivity (Wildman–Crippen MR) is 100 cm³/mol. The molecule has 0 saturated heterocycles. The third-order valence-corrected chi connectivity index (χ3v) is 5.83. The molecule has 1 aliphatic carbocycles. The van der Waals surface area contributed by atoms with Crippen molar-refractivity contribution in [1.29, 1.82) is 0 Å². The maximum atomic E-state index is 11.1. The average Bonchev–Trinajstić information content (AvgIpc) is 2.94. The van der Waals surface area contributed by atoms with Gasteiger partial charge in [0.15, 0.2) is 0 Å². The van der Waals surface area contributed by atoms with Crippen LogP contribution in [-0.2, 0) is 12.8 Å². The molecule has 3 aromatic rings. The van der Waals surface area contributed by atoms with E-state index in [9.17, 15) is 10.1 Å². The molecule has 2 heterocycles. The molecule has 0 saturated carbocycles. The molecular formula is C17H15ClN4O2S. The smallest absolute Gasteiger partial charge is 0.271 e. The molecule has 0 aliphatic heterocycles. The number of nitro benzene ring substituents is 1. The Morgan fingerprint density at radius 3 is 2.88 bits per heavy atom. The van der Waals surface area contributed by atoms with Gasteiger partial charge in [0.05, 0.1) is 10.3 Å². The molecule has 6 nitrogen and oxygen atoms in total. The van der Waals surface area contributed by atoms with Crippen molar-refractivity contribution in [2.75, 3.05) is 5.32 Å². The van der Waals surface area contributed by atoms with Crippen molar-refractivity contribution >= 4 is 50.3 Å². The van der Waals surface area contributed by atoms with Gasteiger partial charge in [-0.3, -0.25) is 10.1 Å². The van der Waals surface area contributed by atoms with Crippen molar-refractivity contribution in [3.05, 3.63) is 49.6 Å². The third kappa shape index (κ3) is 2.94. The van der Waals surface area contributed by atoms with Gasteiger partial charge in [-0.25, -0.2) is 4.98 Å². The van der Waals surface area contributed by atoms with Gasteiger partial charge in [-0.15, -0.1) is 11.3 Å². The summed E-state index contributed by atoms with van der Waals surface area (Å²) in [5.41, 5.74) is 2.88. The Hall–Kier alpha value is -2.25. The number of nitrogens with zero attached hydrogens (tertiary/aromatic N) is 3. The van der Waals surface area contributed by atoms with Crippen LogP contribution in [0.25, 0.3) is 10.2 Å². The first-order valence-electron chi connectivity index (χ1n) is 8.03. The summed E-state index contributed by atoms with van der Waals surface area (Å²) in [6, 6.07) is 4.75. The number of halogens is 1. The van der Waals surface area contributed by atoms with Gasteiger partial charge in [0.1, 0.15) is 10.6 Å². The second kappa shape index (κ2) is 6.24. The van der Waals surface area contributed by atoms with E-state index in [1.54, 1.807) is 17.4 Å². The summed E-state index contributed by atoms with van der Waals surface area (Å²) in [4.78, 5) is 21.6. The maximum Gasteiger partial charge on any atom is 0.271 e. The number of aromatic nitrogens is 2. The van der Waals surface area contributed by atoms with Crippen LogP contribution in [0, 0.1) is 17.0 Å². The minimum absolute atomic E-state index is 0.0387. The highest BCUT2D eigenvalue weighted by Crippen LogP contribution is 2.40. The topological polar surface area (TPSA) is 81.0 Å². The molecule has 128 valence electrons. The van der Waals surface area contributed by atoms with Gasteiger partial charge in [-0.05, 0) is 55.3 Å². The Kier molecular flexibility index (Phi) is 4.05. The van der Waals surface area contributed by atoms with Crippen molar-refractivity contribution in [3.63, 3.8) is 0 Å². The normalized spacial score (nSPS) is 13.7. The van der Waals surface area contributed by atoms with E-state index in [0.29, 0.717) is 11.5 Å². The second-order valence-corrected chi connectivity index (χ2v) is 7.54. The van der Waals surface area contributed by atoms with Gasteiger partial charge in [0.25, 0.3) is 5.69 Å². The standard InChI is InChI=1S/C17H15ClN4O2S/c1-9-6-7-10(22(23)24)8-12(9)19-15-14-11-4-2-3-5-13(11)25-16(14)21-17(18)20-15/h6-8H,2-5H2,1H3,(H,19,20,21). The van der Waals surface area contributed by atoms with Crippen LogP contribution in [0.2, 0.25) is 5.28 Å². The summed E-state index contributed by atoms with van der Waals surface area (Å²) in [5.74, 6) is 0.623. The van der Waals surface area contributed by atoms with Crippen molar-refractivity contribution in [3.8, 4) is 0 Å². The lowest BCUT2D eigenvalue weighted by atomic mass is 9.97. The summed E-state index contributed by atoms with van der Waals surface area (Å²) < 4.78 is 0. The minimum atomic E-state index is -0.403. The SMILES string of the molecule is Cc1ccc([N+](=O)[O-])cc1Nc1nc(Cl)nc2sc3c(c12)CCCC3. The van der Waals surface area contributed by atoms with Crippen LogP contribution in [0.15, 0.2) is 18.2 Å². The maximum absolute atomic E-state index is 11.1. The number of non-ortho nitro benzene ring substituents is 1. The van der Waals surface area contributed by atoms with E-state index < -0.39 is 4.92 Å². The molecule has 0 bridgehead atoms. The number of rotatable bonds is 3. The van der Waals surface area contributed by atoms with Crippen LogP contribution < -0.4 is 5.32 Å². The summed E-state index contributed by atoms with van der Waals surface area (Å²) in [7, 11) is 0. The summed E-state index contributed by atoms with van der Waals surface area (Å²) >= 11 is 7.78. The number of thiophene rings is 1. The largest absolute Gasteiger partial charge is 0.339 e. The fourth-order valence-electron chi connectivity index (χ4n) is 3.21. The zero-order valence-electron chi connectivity index (χ0n) is 13.5. The van der Waals surface area contributed by atoms with E-state index in [2.05, 4.69) is 15.3 Å². The van der Waals surface area contributed by atoms with Crippen LogP contribution in [0.4, 0.5) is 17.2 Å². The minimum Gasteiger partial charge on any atom is -0.339 e. The third-order valence-electron chi connectivity index (χ3n) is 4.47. The molecule has 0 spiro atoms. The van der Waals surface area contributed by atoms with Crippen LogP contribution in [0.5, 0.6) is 0 Å². The lowest BCUT2D eigenvalue weighted by Crippen LogP contribution is -2.02. The van der Waals surface area contributed by atoms with Crippen LogP contribution in [0.3, 0.4) is 0 Å². The number of fused-ring (bicyclic) bond motifs is 3. The molecule has 0 atom stereocenters. The van der Waals surface area contributed by atoms with E-state index in [-0.39, 0.29) is 11.0 Å². The predicted octanol–water partition coefficient (Wildman–Crippen LogP) is 5.18. The Morgan fingerprint density at radius 2 is 2.08 bits per heavy atom. The Balaban J connectivity index is 1.86. The first kappa shape index (κ1) is 16.2. The first-order chi connectivity index (χ1) is 12.0. The van der Waals surface area contributed by atoms with Crippen molar-refractivity contribution < 1.29 is 4.92 Å². The van der Waals surface area contributed by atoms with Crippen LogP contribution >= 0.6 is 22.9 Å². The average molecular weight is 375 g/mol. The Bertz CT molecular complexity index is 1000. The van der Waals surface area contributed by atoms with Gasteiger partial charge in [0.2, 0.25) is 5.28 Å². The molecule has 1 aromatic carbocycles. The molecule has 0 radical (unpaired) electrons. The Labute approximate surface area is 153 Å². The van der Waals surface area contributed by atoms with Gasteiger partial charge in [0, 0.05) is 22.7 Å². The molecule has 0 fully saturated rings. The molecule has 0 amide bonds. The summed E-state index contributed by atoms with van der Waals surface area (Å²) in [6.45, 7) is 1.90. The summed E-state index contributed by atoms with van der Waals surface area (Å²) in [5, 5.41) is 15.5. The van der Waals surface area contributed by atoms with Gasteiger partial charge in [-0.2, -0.15) is 4.98 Å². The highest BCUT2D eigenvalue weighted by Gasteiger charge is 2.21. The van der Waals surface area contributed by atoms with E-state index in [1.165, 1.54) is 29.0 Å². The van der Waals surface area contributed by atoms with Crippen molar-refractivity contribution in [2.45, 2.75) is 32.6 Å². The number of hydrogen-bond donors (Lipinski definition) is 1. The zero-order chi connectivity index (χ0) is 17.6. The zero-order valence-corrected chi connectivity index (χ0v) is 15.1. The van der Waals surface area contributed by atoms with Crippen LogP contribution in [0.1, 0.15) is 28.8 Å². The highest BCUT2D eigenvalue weighted by atomic mass is 35.5. The second-order valence-electron chi connectivity index (χ2n) is 6.11. The van der Waals surface area contributed by atoms with Crippen molar-refractivity contribution in [2.24, 2.45) is 0 Å². The van der Waals surface area contributed by atoms with E-state index in [1.807, 2.05) is 6.92 Å². The summed E-state index contributed by atoms with van der Waals surface area (Å²) in [6.07, 6.45) is 4.40. The van der Waals surface area contributed by atoms with Gasteiger partial charge in [-0.1, -0.05) is 6.07 Å². The fraction of sp³-hybridized carbons (Fsp3) is 0.294. The van der Waals surface area contributed by atoms with Crippen molar-refractivity contribution in [1.82, 2.24) is 9.97 Å². The molecule has 2 aromatic heterocycles. The van der Waals surface area contributed by atoms with Gasteiger partial charge >= 0.3 is 0 Å². The number of nitro groups is 1. The lowest BCUT2D eigenvalue weighted by Gasteiger charge is -2.13. The number of aryl methyl sites for hydroxylation is 3. The van der Waals surface area contributed by atoms with Crippen LogP contribution in [-0.4, -0.2) is 14.9 Å². The van der Waals surface area contributed by atoms with E-state index in [0.717, 1.165) is 35.0 Å². The number of hydrogen-bond acceptors (Lipinski definition) is 6. The lowest BCUT2D eigenvalue weighted by molar-refractivity contribution is -0.384. The quantitative estimate of drug-likeness (QED) is 0.388. The fourth-order valence-corrected chi connectivity index (χ4v) is 4.69. The first-order valence-corrected chi connectivity index (χ1v) is 9.22. The molecule has 4 rings (SSSR count). The molecule has 25 heavy (non-hydrogen) atoms. The Morgan fingerprint density at radius 1 is 1.28 bits per heavy atom. The monoisotopic (exact) mass is 374 g/mol.